The molecule has 0 bridgehead atoms. The number of hydrogen-bond acceptors (Lipinski definition) is 3. The first-order valence-corrected chi connectivity index (χ1v) is 8.38. The molecule has 0 atom stereocenters. The second kappa shape index (κ2) is 7.76. The van der Waals surface area contributed by atoms with Crippen LogP contribution in [0.5, 0.6) is 5.75 Å². The number of nitrogens with two attached hydrogens (primary N) is 1. The molecular formula is C12H18BrNO3S. The van der Waals surface area contributed by atoms with E-state index in [0.717, 1.165) is 29.5 Å². The minimum atomic E-state index is -3.30. The van der Waals surface area contributed by atoms with Crippen LogP contribution >= 0.6 is 15.9 Å². The maximum absolute atomic E-state index is 10.7. The van der Waals surface area contributed by atoms with Crippen LogP contribution in [0.2, 0.25) is 0 Å². The van der Waals surface area contributed by atoms with Crippen molar-refractivity contribution >= 4 is 26.0 Å². The third kappa shape index (κ3) is 6.98. The molecule has 0 heterocycles. The molecule has 0 spiro atoms. The Balaban J connectivity index is 2.08. The van der Waals surface area contributed by atoms with Crippen molar-refractivity contribution < 1.29 is 13.2 Å². The lowest BCUT2D eigenvalue weighted by molar-refractivity contribution is 0.303. The van der Waals surface area contributed by atoms with Gasteiger partial charge >= 0.3 is 0 Å². The summed E-state index contributed by atoms with van der Waals surface area (Å²) in [6.45, 7) is 0.637. The van der Waals surface area contributed by atoms with Gasteiger partial charge in [-0.1, -0.05) is 25.0 Å². The fraction of sp³-hybridized carbons (Fsp3) is 0.500. The smallest absolute Gasteiger partial charge is 0.209 e. The Labute approximate surface area is 117 Å². The van der Waals surface area contributed by atoms with Crippen molar-refractivity contribution in [2.75, 3.05) is 12.4 Å². The second-order valence-corrected chi connectivity index (χ2v) is 6.65. The van der Waals surface area contributed by atoms with Gasteiger partial charge in [-0.05, 0) is 40.9 Å². The molecule has 0 aliphatic rings. The summed E-state index contributed by atoms with van der Waals surface area (Å²) in [5.74, 6) is 0.903. The van der Waals surface area contributed by atoms with Crippen LogP contribution in [0.3, 0.4) is 0 Å². The van der Waals surface area contributed by atoms with Crippen molar-refractivity contribution in [2.24, 2.45) is 5.14 Å². The van der Waals surface area contributed by atoms with E-state index in [0.29, 0.717) is 13.0 Å². The van der Waals surface area contributed by atoms with Crippen molar-refractivity contribution in [1.29, 1.82) is 0 Å². The van der Waals surface area contributed by atoms with Crippen molar-refractivity contribution in [3.8, 4) is 5.75 Å². The first-order valence-electron chi connectivity index (χ1n) is 5.87. The standard InChI is InChI=1S/C12H18BrNO3S/c13-11-7-3-4-8-12(11)17-9-5-1-2-6-10-18(14,15)16/h3-4,7-8H,1-2,5-6,9-10H2,(H2,14,15,16). The minimum Gasteiger partial charge on any atom is -0.492 e. The summed E-state index contributed by atoms with van der Waals surface area (Å²) in [5, 5.41) is 4.91. The third-order valence-electron chi connectivity index (χ3n) is 2.42. The van der Waals surface area contributed by atoms with Crippen LogP contribution < -0.4 is 9.88 Å². The van der Waals surface area contributed by atoms with Crippen LogP contribution in [0.15, 0.2) is 28.7 Å². The van der Waals surface area contributed by atoms with Gasteiger partial charge in [-0.25, -0.2) is 13.6 Å². The summed E-state index contributed by atoms with van der Waals surface area (Å²) in [4.78, 5) is 0. The molecule has 0 aliphatic carbocycles. The molecule has 102 valence electrons. The van der Waals surface area contributed by atoms with E-state index < -0.39 is 10.0 Å². The molecule has 2 N–H and O–H groups in total. The van der Waals surface area contributed by atoms with E-state index in [9.17, 15) is 8.42 Å². The summed E-state index contributed by atoms with van der Waals surface area (Å²) in [5.41, 5.74) is 0. The van der Waals surface area contributed by atoms with Gasteiger partial charge in [0.15, 0.2) is 0 Å². The predicted octanol–water partition coefficient (Wildman–Crippen LogP) is 2.68. The molecule has 0 saturated carbocycles. The van der Waals surface area contributed by atoms with Gasteiger partial charge in [-0.15, -0.1) is 0 Å². The highest BCUT2D eigenvalue weighted by Gasteiger charge is 2.02. The van der Waals surface area contributed by atoms with Crippen LogP contribution in [0.4, 0.5) is 0 Å². The number of rotatable bonds is 8. The van der Waals surface area contributed by atoms with E-state index >= 15 is 0 Å². The average Bonchev–Trinajstić information content (AvgIpc) is 2.28. The Kier molecular flexibility index (Phi) is 6.67. The predicted molar refractivity (Wildman–Crippen MR) is 76.1 cm³/mol. The van der Waals surface area contributed by atoms with Gasteiger partial charge in [0, 0.05) is 0 Å². The van der Waals surface area contributed by atoms with Crippen LogP contribution in [0, 0.1) is 0 Å². The average molecular weight is 336 g/mol. The van der Waals surface area contributed by atoms with E-state index in [-0.39, 0.29) is 5.75 Å². The van der Waals surface area contributed by atoms with E-state index in [1.54, 1.807) is 0 Å². The molecule has 0 aromatic heterocycles. The number of halogens is 1. The number of primary sulfonamides is 1. The largest absolute Gasteiger partial charge is 0.492 e. The van der Waals surface area contributed by atoms with Crippen molar-refractivity contribution in [2.45, 2.75) is 25.7 Å². The number of benzene rings is 1. The van der Waals surface area contributed by atoms with Crippen LogP contribution in [-0.4, -0.2) is 20.8 Å². The van der Waals surface area contributed by atoms with Crippen LogP contribution in [-0.2, 0) is 10.0 Å². The van der Waals surface area contributed by atoms with Crippen molar-refractivity contribution in [1.82, 2.24) is 0 Å². The lowest BCUT2D eigenvalue weighted by Crippen LogP contribution is -2.16. The van der Waals surface area contributed by atoms with Crippen molar-refractivity contribution in [3.05, 3.63) is 28.7 Å². The zero-order valence-corrected chi connectivity index (χ0v) is 12.5. The SMILES string of the molecule is NS(=O)(=O)CCCCCCOc1ccccc1Br. The van der Waals surface area contributed by atoms with E-state index in [4.69, 9.17) is 9.88 Å². The fourth-order valence-electron chi connectivity index (χ4n) is 1.50. The van der Waals surface area contributed by atoms with Gasteiger partial charge in [0.1, 0.15) is 5.75 Å². The summed E-state index contributed by atoms with van der Waals surface area (Å²) >= 11 is 3.41. The van der Waals surface area contributed by atoms with Gasteiger partial charge in [-0.2, -0.15) is 0 Å². The lowest BCUT2D eigenvalue weighted by Gasteiger charge is -2.07. The number of ether oxygens (including phenoxy) is 1. The molecule has 1 rings (SSSR count). The molecule has 1 aromatic carbocycles. The molecular weight excluding hydrogens is 318 g/mol. The first kappa shape index (κ1) is 15.5. The Morgan fingerprint density at radius 2 is 1.78 bits per heavy atom. The number of sulfonamides is 1. The Morgan fingerprint density at radius 3 is 2.44 bits per heavy atom. The van der Waals surface area contributed by atoms with E-state index in [1.165, 1.54) is 0 Å². The summed E-state index contributed by atoms with van der Waals surface area (Å²) in [7, 11) is -3.30. The molecule has 0 aliphatic heterocycles. The van der Waals surface area contributed by atoms with E-state index in [1.807, 2.05) is 24.3 Å². The number of unbranched alkanes of at least 4 members (excludes halogenated alkanes) is 3. The highest BCUT2D eigenvalue weighted by molar-refractivity contribution is 9.10. The van der Waals surface area contributed by atoms with E-state index in [2.05, 4.69) is 15.9 Å². The molecule has 1 aromatic rings. The molecule has 6 heteroatoms. The van der Waals surface area contributed by atoms with Crippen molar-refractivity contribution in [3.63, 3.8) is 0 Å². The van der Waals surface area contributed by atoms with Gasteiger partial charge in [0.25, 0.3) is 0 Å². The summed E-state index contributed by atoms with van der Waals surface area (Å²) in [6, 6.07) is 7.70. The van der Waals surface area contributed by atoms with Crippen LogP contribution in [0.25, 0.3) is 0 Å². The quantitative estimate of drug-likeness (QED) is 0.742. The molecule has 4 nitrogen and oxygen atoms in total. The fourth-order valence-corrected chi connectivity index (χ4v) is 2.51. The second-order valence-electron chi connectivity index (χ2n) is 4.06. The maximum atomic E-state index is 10.7. The Hall–Kier alpha value is -0.590. The minimum absolute atomic E-state index is 0.0676. The van der Waals surface area contributed by atoms with Gasteiger partial charge in [0.05, 0.1) is 16.8 Å². The molecule has 0 radical (unpaired) electrons. The molecule has 0 amide bonds. The lowest BCUT2D eigenvalue weighted by atomic mass is 10.2. The highest BCUT2D eigenvalue weighted by Crippen LogP contribution is 2.23. The summed E-state index contributed by atoms with van der Waals surface area (Å²) in [6.07, 6.45) is 3.33. The summed E-state index contributed by atoms with van der Waals surface area (Å²) < 4.78 is 27.9. The Morgan fingerprint density at radius 1 is 1.11 bits per heavy atom. The highest BCUT2D eigenvalue weighted by atomic mass is 79.9. The molecule has 18 heavy (non-hydrogen) atoms. The molecule has 0 unspecified atom stereocenters. The first-order chi connectivity index (χ1) is 8.49. The Bertz CT molecular complexity index is 462. The number of hydrogen-bond donors (Lipinski definition) is 1. The number of para-hydroxylation sites is 1. The van der Waals surface area contributed by atoms with Gasteiger partial charge < -0.3 is 4.74 Å². The normalized spacial score (nSPS) is 11.4. The monoisotopic (exact) mass is 335 g/mol. The zero-order valence-electron chi connectivity index (χ0n) is 10.1. The zero-order chi connectivity index (χ0) is 13.4. The maximum Gasteiger partial charge on any atom is 0.209 e. The van der Waals surface area contributed by atoms with Gasteiger partial charge in [-0.3, -0.25) is 0 Å². The topological polar surface area (TPSA) is 69.4 Å². The molecule has 0 fully saturated rings. The van der Waals surface area contributed by atoms with Crippen LogP contribution in [0.1, 0.15) is 25.7 Å². The third-order valence-corrected chi connectivity index (χ3v) is 3.93. The van der Waals surface area contributed by atoms with Gasteiger partial charge in [0.2, 0.25) is 10.0 Å². The molecule has 0 saturated heterocycles.